The van der Waals surface area contributed by atoms with E-state index in [2.05, 4.69) is 94.5 Å². The number of piperazine rings is 1. The van der Waals surface area contributed by atoms with Crippen LogP contribution in [0.1, 0.15) is 109 Å². The van der Waals surface area contributed by atoms with Crippen molar-refractivity contribution in [2.45, 2.75) is 114 Å². The molecule has 2 saturated heterocycles. The van der Waals surface area contributed by atoms with Crippen molar-refractivity contribution in [2.24, 2.45) is 7.05 Å². The fourth-order valence-electron chi connectivity index (χ4n) is 8.24. The third kappa shape index (κ3) is 12.9. The number of anilines is 4. The van der Waals surface area contributed by atoms with Crippen LogP contribution in [-0.4, -0.2) is 112 Å². The van der Waals surface area contributed by atoms with Crippen molar-refractivity contribution in [2.75, 3.05) is 74.1 Å². The van der Waals surface area contributed by atoms with Gasteiger partial charge in [-0.25, -0.2) is 9.29 Å². The number of nitrogens with two attached hydrogens (primary N) is 1. The highest BCUT2D eigenvalue weighted by atomic mass is 32.2. The molecule has 2 saturated carbocycles. The molecule has 3 aliphatic heterocycles. The number of aldehydes is 1. The minimum absolute atomic E-state index is 0.0359. The van der Waals surface area contributed by atoms with E-state index in [1.807, 2.05) is 44.6 Å². The lowest BCUT2D eigenvalue weighted by Crippen LogP contribution is -2.47. The summed E-state index contributed by atoms with van der Waals surface area (Å²) in [5.74, 6) is 1.78. The average molecular weight is 872 g/mol. The monoisotopic (exact) mass is 872 g/mol. The second-order valence-corrected chi connectivity index (χ2v) is 17.3. The molecule has 2 aromatic heterocycles. The fraction of sp³-hybridized carbons (Fsp3) is 0.565. The highest BCUT2D eigenvalue weighted by Gasteiger charge is 2.57. The van der Waals surface area contributed by atoms with Gasteiger partial charge in [0.05, 0.1) is 17.0 Å². The van der Waals surface area contributed by atoms with Crippen molar-refractivity contribution < 1.29 is 19.5 Å². The second-order valence-electron chi connectivity index (χ2n) is 16.1. The van der Waals surface area contributed by atoms with Gasteiger partial charge in [-0.05, 0) is 93.3 Å². The van der Waals surface area contributed by atoms with E-state index in [-0.39, 0.29) is 23.4 Å². The van der Waals surface area contributed by atoms with Gasteiger partial charge in [-0.3, -0.25) is 19.2 Å². The van der Waals surface area contributed by atoms with Crippen LogP contribution in [0.4, 0.5) is 23.3 Å². The molecule has 9 rings (SSSR count). The predicted molar refractivity (Wildman–Crippen MR) is 251 cm³/mol. The molecule has 62 heavy (non-hydrogen) atoms. The molecular formula is C46H69N11O4S. The van der Waals surface area contributed by atoms with Gasteiger partial charge in [-0.2, -0.15) is 10.1 Å². The van der Waals surface area contributed by atoms with Crippen molar-refractivity contribution in [1.82, 2.24) is 34.3 Å². The molecule has 4 aromatic rings. The smallest absolute Gasteiger partial charge is 0.236 e. The number of nitrogens with zero attached hydrogens (tertiary/aromatic N) is 7. The molecule has 2 aliphatic carbocycles. The van der Waals surface area contributed by atoms with Crippen molar-refractivity contribution in [3.8, 4) is 0 Å². The Labute approximate surface area is 372 Å². The summed E-state index contributed by atoms with van der Waals surface area (Å²) in [5.41, 5.74) is 9.92. The Bertz CT molecular complexity index is 2020. The maximum atomic E-state index is 11.5. The number of carbonyl (C=O) groups is 3. The van der Waals surface area contributed by atoms with Crippen LogP contribution in [-0.2, 0) is 26.8 Å². The second kappa shape index (κ2) is 24.2. The molecule has 2 aromatic carbocycles. The first kappa shape index (κ1) is 48.3. The number of nitrogens with one attached hydrogen (secondary N) is 3. The molecule has 6 N–H and O–H groups in total. The largest absolute Gasteiger partial charge is 0.393 e. The van der Waals surface area contributed by atoms with Gasteiger partial charge in [-0.1, -0.05) is 51.7 Å². The van der Waals surface area contributed by atoms with Crippen LogP contribution in [0.25, 0.3) is 10.9 Å². The normalized spacial score (nSPS) is 18.5. The number of aliphatic hydroxyl groups excluding tert-OH is 1. The Hall–Kier alpha value is -4.77. The number of hydrogen-bond donors (Lipinski definition) is 5. The number of aliphatic hydroxyl groups is 1. The zero-order valence-electron chi connectivity index (χ0n) is 37.4. The summed E-state index contributed by atoms with van der Waals surface area (Å²) in [6, 6.07) is 16.4. The number of benzene rings is 2. The molecular weight excluding hydrogens is 803 g/mol. The minimum atomic E-state index is -0.303. The third-order valence-electron chi connectivity index (χ3n) is 12.0. The van der Waals surface area contributed by atoms with Gasteiger partial charge in [0.1, 0.15) is 12.1 Å². The lowest BCUT2D eigenvalue weighted by Gasteiger charge is -2.39. The van der Waals surface area contributed by atoms with Crippen LogP contribution in [0.5, 0.6) is 0 Å². The zero-order valence-corrected chi connectivity index (χ0v) is 38.3. The number of nitrogen functional groups attached to an aromatic ring is 1. The number of piperidine rings is 1. The Morgan fingerprint density at radius 2 is 1.69 bits per heavy atom. The summed E-state index contributed by atoms with van der Waals surface area (Å²) in [6.07, 6.45) is 15.2. The highest BCUT2D eigenvalue weighted by molar-refractivity contribution is 7.97. The topological polar surface area (TPSA) is 187 Å². The van der Waals surface area contributed by atoms with Crippen LogP contribution >= 0.6 is 11.9 Å². The van der Waals surface area contributed by atoms with Gasteiger partial charge < -0.3 is 36.5 Å². The SMILES string of the molecule is CC.CNc1nn(C)c2cc(N3CCN(C(C)c4cccc(SN5CCCCC5)c4)CC3)ccc12.Nc1ncc2c(n1)NC(=O)C21CC1.O=CCCNC=O.OC1CCCCC1. The molecule has 338 valence electrons. The number of fused-ring (bicyclic) bond motifs is 3. The number of rotatable bonds is 10. The van der Waals surface area contributed by atoms with Crippen LogP contribution in [0.15, 0.2) is 53.6 Å². The summed E-state index contributed by atoms with van der Waals surface area (Å²) in [6.45, 7) is 13.5. The molecule has 15 nitrogen and oxygen atoms in total. The maximum Gasteiger partial charge on any atom is 0.236 e. The molecule has 16 heteroatoms. The number of amides is 2. The number of aryl methyl sites for hydroxylation is 1. The maximum absolute atomic E-state index is 11.5. The first-order valence-electron chi connectivity index (χ1n) is 22.5. The predicted octanol–water partition coefficient (Wildman–Crippen LogP) is 6.69. The summed E-state index contributed by atoms with van der Waals surface area (Å²) in [7, 11) is 3.95. The fourth-order valence-corrected chi connectivity index (χ4v) is 9.30. The number of carbonyl (C=O) groups excluding carboxylic acids is 3. The van der Waals surface area contributed by atoms with E-state index in [0.29, 0.717) is 31.2 Å². The van der Waals surface area contributed by atoms with Gasteiger partial charge in [-0.15, -0.1) is 0 Å². The minimum Gasteiger partial charge on any atom is -0.393 e. The van der Waals surface area contributed by atoms with Crippen molar-refractivity contribution in [3.63, 3.8) is 0 Å². The van der Waals surface area contributed by atoms with Gasteiger partial charge in [0.2, 0.25) is 18.3 Å². The first-order chi connectivity index (χ1) is 30.1. The van der Waals surface area contributed by atoms with Crippen LogP contribution in [0, 0.1) is 0 Å². The zero-order chi connectivity index (χ0) is 44.5. The lowest BCUT2D eigenvalue weighted by atomic mass is 9.98. The molecule has 5 aliphatic rings. The van der Waals surface area contributed by atoms with E-state index >= 15 is 0 Å². The van der Waals surface area contributed by atoms with Crippen molar-refractivity contribution in [3.05, 3.63) is 59.8 Å². The first-order valence-corrected chi connectivity index (χ1v) is 23.3. The Morgan fingerprint density at radius 3 is 2.32 bits per heavy atom. The van der Waals surface area contributed by atoms with E-state index in [1.54, 1.807) is 6.20 Å². The molecule has 1 spiro atoms. The lowest BCUT2D eigenvalue weighted by molar-refractivity contribution is -0.118. The van der Waals surface area contributed by atoms with E-state index in [1.165, 1.54) is 78.7 Å². The van der Waals surface area contributed by atoms with Crippen molar-refractivity contribution >= 4 is 64.7 Å². The Kier molecular flexibility index (Phi) is 18.8. The molecule has 0 bridgehead atoms. The number of hydrogen-bond acceptors (Lipinski definition) is 13. The molecule has 2 amide bonds. The standard InChI is InChI=1S/C26H36N6S.C8H8N4O.C6H12O.C4H7NO2.C2H6/c1-20(21-8-7-9-23(18-21)33-32-12-5-4-6-13-32)30-14-16-31(17-15-30)22-10-11-24-25(19-22)29(3)28-26(24)27-2;9-7-10-3-4-5(12-7)11-6(13)8(4)1-2-8;7-6-4-2-1-3-5-6;6-3-1-2-5-4-7;1-2/h7-11,18-20H,4-6,12-17H2,1-3H3,(H,27,28);3H,1-2H2,(H3,9,10,11,12,13);6-7H,1-5H2;3-4H,1-2H2,(H,5,7);1-2H3. The summed E-state index contributed by atoms with van der Waals surface area (Å²) in [5, 5.41) is 22.9. The van der Waals surface area contributed by atoms with Crippen LogP contribution in [0.2, 0.25) is 0 Å². The third-order valence-corrected chi connectivity index (χ3v) is 13.1. The molecule has 5 heterocycles. The number of aromatic nitrogens is 4. The molecule has 1 atom stereocenters. The van der Waals surface area contributed by atoms with E-state index < -0.39 is 0 Å². The van der Waals surface area contributed by atoms with Gasteiger partial charge in [0, 0.05) is 100 Å². The molecule has 4 fully saturated rings. The summed E-state index contributed by atoms with van der Waals surface area (Å²) < 4.78 is 4.50. The highest BCUT2D eigenvalue weighted by Crippen LogP contribution is 2.54. The van der Waals surface area contributed by atoms with E-state index in [0.717, 1.165) is 69.5 Å². The average Bonchev–Trinajstić information content (AvgIpc) is 3.99. The van der Waals surface area contributed by atoms with Gasteiger partial charge in [0.25, 0.3) is 0 Å². The van der Waals surface area contributed by atoms with Crippen molar-refractivity contribution in [1.29, 1.82) is 0 Å². The van der Waals surface area contributed by atoms with Crippen LogP contribution in [0.3, 0.4) is 0 Å². The quantitative estimate of drug-likeness (QED) is 0.0645. The van der Waals surface area contributed by atoms with Gasteiger partial charge >= 0.3 is 0 Å². The van der Waals surface area contributed by atoms with Crippen LogP contribution < -0.4 is 26.6 Å². The Balaban J connectivity index is 0.000000202. The van der Waals surface area contributed by atoms with E-state index in [4.69, 9.17) is 10.8 Å². The molecule has 0 radical (unpaired) electrons. The Morgan fingerprint density at radius 1 is 0.984 bits per heavy atom. The summed E-state index contributed by atoms with van der Waals surface area (Å²) >= 11 is 1.94. The summed E-state index contributed by atoms with van der Waals surface area (Å²) in [4.78, 5) is 44.9. The molecule has 1 unspecified atom stereocenters. The van der Waals surface area contributed by atoms with Gasteiger partial charge in [0.15, 0.2) is 5.82 Å². The van der Waals surface area contributed by atoms with E-state index in [9.17, 15) is 14.4 Å².